The summed E-state index contributed by atoms with van der Waals surface area (Å²) in [6, 6.07) is 0.274. The van der Waals surface area contributed by atoms with Crippen LogP contribution in [0.1, 0.15) is 25.5 Å². The Hall–Kier alpha value is -1.89. The zero-order valence-electron chi connectivity index (χ0n) is 14.2. The van der Waals surface area contributed by atoms with Crippen LogP contribution >= 0.6 is 0 Å². The summed E-state index contributed by atoms with van der Waals surface area (Å²) in [5.74, 6) is 3.49. The average molecular weight is 371 g/mol. The molecule has 0 saturated carbocycles. The van der Waals surface area contributed by atoms with Gasteiger partial charge >= 0.3 is 5.69 Å². The minimum Gasteiger partial charge on any atom is -0.389 e. The van der Waals surface area contributed by atoms with E-state index < -0.39 is 47.4 Å². The number of carbonyl (C=O) groups excluding carboxylic acids is 1. The molecule has 0 radical (unpaired) electrons. The van der Waals surface area contributed by atoms with Crippen LogP contribution in [0.3, 0.4) is 0 Å². The van der Waals surface area contributed by atoms with Crippen molar-refractivity contribution in [2.45, 2.75) is 43.7 Å². The molecule has 1 aliphatic rings. The van der Waals surface area contributed by atoms with E-state index in [1.54, 1.807) is 0 Å². The zero-order chi connectivity index (χ0) is 19.3. The molecular weight excluding hydrogens is 346 g/mol. The molecule has 0 amide bonds. The Bertz CT molecular complexity index is 719. The van der Waals surface area contributed by atoms with E-state index in [0.717, 1.165) is 17.1 Å². The lowest BCUT2D eigenvalue weighted by Gasteiger charge is -2.23. The van der Waals surface area contributed by atoms with Gasteiger partial charge < -0.3 is 26.1 Å². The van der Waals surface area contributed by atoms with Gasteiger partial charge in [0, 0.05) is 12.3 Å². The van der Waals surface area contributed by atoms with Crippen LogP contribution in [0.2, 0.25) is 0 Å². The molecule has 8 N–H and O–H groups in total. The first kappa shape index (κ1) is 20.4. The number of aliphatic hydroxyl groups excluding tert-OH is 1. The molecule has 0 spiro atoms. The predicted octanol–water partition coefficient (Wildman–Crippen LogP) is -2.67. The molecule has 11 nitrogen and oxygen atoms in total. The third-order valence-corrected chi connectivity index (χ3v) is 4.42. The second-order valence-corrected chi connectivity index (χ2v) is 6.23. The second-order valence-electron chi connectivity index (χ2n) is 6.23. The molecule has 26 heavy (non-hydrogen) atoms. The Morgan fingerprint density at radius 2 is 2.15 bits per heavy atom. The number of H-pyrrole nitrogens is 1. The second kappa shape index (κ2) is 9.16. The molecule has 5 atom stereocenters. The number of aliphatic hydroxyl groups is 1. The third kappa shape index (κ3) is 4.44. The number of nitrogens with two attached hydrogens (primary N) is 3. The molecule has 2 heterocycles. The maximum atomic E-state index is 12.8. The number of nitrogens with one attached hydrogen (secondary N) is 1. The lowest BCUT2D eigenvalue weighted by Crippen LogP contribution is -2.45. The van der Waals surface area contributed by atoms with Crippen LogP contribution < -0.4 is 28.6 Å². The van der Waals surface area contributed by atoms with Gasteiger partial charge in [-0.1, -0.05) is 6.42 Å². The van der Waals surface area contributed by atoms with E-state index >= 15 is 0 Å². The molecule has 1 aromatic heterocycles. The number of ether oxygens (including phenoxy) is 1. The molecular formula is C15H25N5O6. The van der Waals surface area contributed by atoms with Gasteiger partial charge in [-0.05, 0) is 19.4 Å². The van der Waals surface area contributed by atoms with Gasteiger partial charge in [0.2, 0.25) is 0 Å². The molecule has 11 heteroatoms. The highest BCUT2D eigenvalue weighted by molar-refractivity contribution is 5.87. The first-order chi connectivity index (χ1) is 12.4. The molecule has 1 saturated heterocycles. The summed E-state index contributed by atoms with van der Waals surface area (Å²) in [6.07, 6.45) is -0.357. The van der Waals surface area contributed by atoms with Gasteiger partial charge in [-0.15, -0.1) is 0 Å². The standard InChI is InChI=1S/C15H25N5O6/c16-5-2-1-3-8(17)12(22)11-13(23)9(7-25-18)26-14(11)20-6-4-10(21)19-15(20)24/h4,6,8-9,11,13-14,23H,1-3,5,7,16-18H2,(H,19,21,24)/t8-,9+,11+,13+,14+/m0/s1. The number of aromatic amines is 1. The van der Waals surface area contributed by atoms with E-state index in [4.69, 9.17) is 22.1 Å². The summed E-state index contributed by atoms with van der Waals surface area (Å²) in [5, 5.41) is 10.5. The van der Waals surface area contributed by atoms with Crippen molar-refractivity contribution in [2.24, 2.45) is 23.3 Å². The maximum absolute atomic E-state index is 12.8. The van der Waals surface area contributed by atoms with Crippen LogP contribution in [0.5, 0.6) is 0 Å². The monoisotopic (exact) mass is 371 g/mol. The highest BCUT2D eigenvalue weighted by atomic mass is 16.6. The summed E-state index contributed by atoms with van der Waals surface area (Å²) in [4.78, 5) is 42.7. The zero-order valence-corrected chi connectivity index (χ0v) is 14.2. The van der Waals surface area contributed by atoms with Crippen molar-refractivity contribution in [3.63, 3.8) is 0 Å². The Morgan fingerprint density at radius 1 is 1.42 bits per heavy atom. The van der Waals surface area contributed by atoms with Crippen molar-refractivity contribution in [1.82, 2.24) is 9.55 Å². The predicted molar refractivity (Wildman–Crippen MR) is 90.8 cm³/mol. The number of hydrogen-bond donors (Lipinski definition) is 5. The molecule has 0 unspecified atom stereocenters. The van der Waals surface area contributed by atoms with Gasteiger partial charge in [0.05, 0.1) is 24.7 Å². The lowest BCUT2D eigenvalue weighted by molar-refractivity contribution is -0.130. The van der Waals surface area contributed by atoms with Crippen molar-refractivity contribution >= 4 is 5.78 Å². The summed E-state index contributed by atoms with van der Waals surface area (Å²) in [7, 11) is 0. The van der Waals surface area contributed by atoms with Gasteiger partial charge in [-0.3, -0.25) is 19.1 Å². The van der Waals surface area contributed by atoms with Gasteiger partial charge in [0.1, 0.15) is 6.10 Å². The Labute approximate surface area is 149 Å². The summed E-state index contributed by atoms with van der Waals surface area (Å²) >= 11 is 0. The molecule has 1 aliphatic heterocycles. The minimum absolute atomic E-state index is 0.179. The van der Waals surface area contributed by atoms with Crippen LogP contribution in [-0.4, -0.2) is 51.8 Å². The number of ketones is 1. The van der Waals surface area contributed by atoms with Crippen molar-refractivity contribution in [3.8, 4) is 0 Å². The fraction of sp³-hybridized carbons (Fsp3) is 0.667. The van der Waals surface area contributed by atoms with E-state index in [-0.39, 0.29) is 6.61 Å². The minimum atomic E-state index is -1.27. The van der Waals surface area contributed by atoms with Crippen LogP contribution in [0, 0.1) is 5.92 Å². The van der Waals surface area contributed by atoms with E-state index in [1.807, 2.05) is 0 Å². The fourth-order valence-corrected chi connectivity index (χ4v) is 3.05. The average Bonchev–Trinajstić information content (AvgIpc) is 2.91. The highest BCUT2D eigenvalue weighted by Gasteiger charge is 2.49. The van der Waals surface area contributed by atoms with Crippen LogP contribution in [0.25, 0.3) is 0 Å². The lowest BCUT2D eigenvalue weighted by atomic mass is 9.89. The van der Waals surface area contributed by atoms with Crippen LogP contribution in [0.4, 0.5) is 0 Å². The summed E-state index contributed by atoms with van der Waals surface area (Å²) in [5.41, 5.74) is 10.0. The Morgan fingerprint density at radius 3 is 2.77 bits per heavy atom. The fourth-order valence-electron chi connectivity index (χ4n) is 3.05. The number of carbonyl (C=O) groups is 1. The topological polar surface area (TPSA) is 189 Å². The third-order valence-electron chi connectivity index (χ3n) is 4.42. The quantitative estimate of drug-likeness (QED) is 0.228. The van der Waals surface area contributed by atoms with Crippen molar-refractivity contribution in [3.05, 3.63) is 33.1 Å². The SMILES string of the molecule is NCCCC[C@H](N)C(=O)[C@@H]1[C@H](O)[C@@H](CON)O[C@H]1n1ccc(=O)[nH]c1=O. The Kier molecular flexibility index (Phi) is 7.20. The van der Waals surface area contributed by atoms with E-state index in [9.17, 15) is 19.5 Å². The van der Waals surface area contributed by atoms with E-state index in [1.165, 1.54) is 6.20 Å². The number of Topliss-reactive ketones (excluding diaryl/α,β-unsaturated/α-hetero) is 1. The Balaban J connectivity index is 2.29. The summed E-state index contributed by atoms with van der Waals surface area (Å²) in [6.45, 7) is 0.309. The van der Waals surface area contributed by atoms with Crippen molar-refractivity contribution in [2.75, 3.05) is 13.2 Å². The number of rotatable bonds is 9. The van der Waals surface area contributed by atoms with Crippen molar-refractivity contribution < 1.29 is 19.5 Å². The van der Waals surface area contributed by atoms with E-state index in [0.29, 0.717) is 19.4 Å². The van der Waals surface area contributed by atoms with Crippen molar-refractivity contribution in [1.29, 1.82) is 0 Å². The number of unbranched alkanes of at least 4 members (excludes halogenated alkanes) is 1. The highest BCUT2D eigenvalue weighted by Crippen LogP contribution is 2.35. The number of nitrogens with zero attached hydrogens (tertiary/aromatic N) is 1. The van der Waals surface area contributed by atoms with E-state index in [2.05, 4.69) is 9.82 Å². The molecule has 146 valence electrons. The number of aromatic nitrogens is 2. The number of hydrogen-bond acceptors (Lipinski definition) is 9. The molecule has 1 aromatic rings. The largest absolute Gasteiger partial charge is 0.389 e. The van der Waals surface area contributed by atoms with Gasteiger partial charge in [-0.2, -0.15) is 0 Å². The first-order valence-electron chi connectivity index (χ1n) is 8.36. The summed E-state index contributed by atoms with van der Waals surface area (Å²) < 4.78 is 6.66. The molecule has 0 aromatic carbocycles. The normalized spacial score (nSPS) is 26.8. The van der Waals surface area contributed by atoms with Crippen LogP contribution in [0.15, 0.2) is 21.9 Å². The van der Waals surface area contributed by atoms with Gasteiger partial charge in [-0.25, -0.2) is 10.7 Å². The molecule has 2 rings (SSSR count). The molecule has 1 fully saturated rings. The molecule has 0 bridgehead atoms. The van der Waals surface area contributed by atoms with Gasteiger partial charge in [0.15, 0.2) is 12.0 Å². The maximum Gasteiger partial charge on any atom is 0.330 e. The first-order valence-corrected chi connectivity index (χ1v) is 8.36. The van der Waals surface area contributed by atoms with Crippen LogP contribution in [-0.2, 0) is 14.4 Å². The molecule has 0 aliphatic carbocycles. The smallest absolute Gasteiger partial charge is 0.330 e. The van der Waals surface area contributed by atoms with Gasteiger partial charge in [0.25, 0.3) is 5.56 Å².